The molecule has 1 aromatic rings. The Labute approximate surface area is 165 Å². The molecule has 0 saturated heterocycles. The van der Waals surface area contributed by atoms with Crippen molar-refractivity contribution in [1.82, 2.24) is 0 Å². The van der Waals surface area contributed by atoms with Crippen molar-refractivity contribution in [1.29, 1.82) is 0 Å². The highest BCUT2D eigenvalue weighted by atomic mass is 32.1. The van der Waals surface area contributed by atoms with Gasteiger partial charge in [0.1, 0.15) is 4.88 Å². The molecule has 1 heterocycles. The second-order valence-corrected chi connectivity index (χ2v) is 8.84. The molecule has 0 radical (unpaired) electrons. The molecular formula is C21H31NO4S. The molecule has 1 saturated carbocycles. The summed E-state index contributed by atoms with van der Waals surface area (Å²) in [5, 5.41) is 18.9. The van der Waals surface area contributed by atoms with Crippen molar-refractivity contribution in [3.8, 4) is 0 Å². The number of rotatable bonds is 8. The van der Waals surface area contributed by atoms with E-state index in [2.05, 4.69) is 13.5 Å². The van der Waals surface area contributed by atoms with E-state index in [4.69, 9.17) is 0 Å². The summed E-state index contributed by atoms with van der Waals surface area (Å²) >= 11 is 1.17. The zero-order valence-electron chi connectivity index (χ0n) is 16.5. The number of thiophene rings is 1. The molecule has 1 aromatic heterocycles. The van der Waals surface area contributed by atoms with Crippen LogP contribution in [0, 0.1) is 11.8 Å². The van der Waals surface area contributed by atoms with E-state index in [-0.39, 0.29) is 29.4 Å². The van der Waals surface area contributed by atoms with E-state index in [0.717, 1.165) is 36.1 Å². The van der Waals surface area contributed by atoms with Crippen molar-refractivity contribution in [3.05, 3.63) is 22.4 Å². The third-order valence-corrected chi connectivity index (χ3v) is 6.68. The minimum atomic E-state index is -1.02. The van der Waals surface area contributed by atoms with Gasteiger partial charge in [-0.15, -0.1) is 11.3 Å². The quantitative estimate of drug-likeness (QED) is 0.665. The normalized spacial score (nSPS) is 20.9. The number of amides is 1. The van der Waals surface area contributed by atoms with Gasteiger partial charge in [-0.05, 0) is 69.9 Å². The number of hydrogen-bond acceptors (Lipinski definition) is 4. The third kappa shape index (κ3) is 5.20. The summed E-state index contributed by atoms with van der Waals surface area (Å²) in [4.78, 5) is 27.9. The molecule has 150 valence electrons. The zero-order chi connectivity index (χ0) is 20.1. The van der Waals surface area contributed by atoms with Gasteiger partial charge in [-0.3, -0.25) is 4.79 Å². The standard InChI is InChI=1S/C21H31NO4S/c1-13(2)18-12-17(19(27-18)21(25)26)22(15(4)6-5-11-23)20(24)16-9-7-14(3)8-10-16/h12,14-16,23H,1,5-11H2,2-4H3,(H,25,26). The van der Waals surface area contributed by atoms with Crippen LogP contribution in [0.25, 0.3) is 5.57 Å². The molecule has 27 heavy (non-hydrogen) atoms. The van der Waals surface area contributed by atoms with Gasteiger partial charge in [-0.25, -0.2) is 4.79 Å². The third-order valence-electron chi connectivity index (χ3n) is 5.41. The highest BCUT2D eigenvalue weighted by Gasteiger charge is 2.34. The van der Waals surface area contributed by atoms with Crippen molar-refractivity contribution in [2.24, 2.45) is 11.8 Å². The summed E-state index contributed by atoms with van der Waals surface area (Å²) < 4.78 is 0. The van der Waals surface area contributed by atoms with Crippen LogP contribution in [-0.4, -0.2) is 34.7 Å². The second kappa shape index (κ2) is 9.51. The number of carbonyl (C=O) groups is 2. The van der Waals surface area contributed by atoms with Gasteiger partial charge in [0, 0.05) is 23.4 Å². The Kier molecular flexibility index (Phi) is 7.62. The number of carbonyl (C=O) groups excluding carboxylic acids is 1. The van der Waals surface area contributed by atoms with Gasteiger partial charge in [0.15, 0.2) is 0 Å². The molecule has 1 fully saturated rings. The summed E-state index contributed by atoms with van der Waals surface area (Å²) in [5.74, 6) is -0.430. The van der Waals surface area contributed by atoms with Crippen LogP contribution < -0.4 is 4.90 Å². The molecule has 0 bridgehead atoms. The van der Waals surface area contributed by atoms with Crippen molar-refractivity contribution < 1.29 is 19.8 Å². The maximum atomic E-state index is 13.4. The number of aliphatic hydroxyl groups is 1. The Balaban J connectivity index is 2.42. The Morgan fingerprint density at radius 1 is 1.33 bits per heavy atom. The lowest BCUT2D eigenvalue weighted by atomic mass is 9.82. The van der Waals surface area contributed by atoms with Crippen LogP contribution in [0.4, 0.5) is 5.69 Å². The maximum Gasteiger partial charge on any atom is 0.348 e. The lowest BCUT2D eigenvalue weighted by molar-refractivity contribution is -0.124. The van der Waals surface area contributed by atoms with Gasteiger partial charge in [0.05, 0.1) is 5.69 Å². The largest absolute Gasteiger partial charge is 0.477 e. The van der Waals surface area contributed by atoms with Crippen LogP contribution in [0.5, 0.6) is 0 Å². The summed E-state index contributed by atoms with van der Waals surface area (Å²) in [7, 11) is 0. The number of hydrogen-bond donors (Lipinski definition) is 2. The van der Waals surface area contributed by atoms with Gasteiger partial charge >= 0.3 is 5.97 Å². The molecular weight excluding hydrogens is 362 g/mol. The van der Waals surface area contributed by atoms with E-state index in [9.17, 15) is 19.8 Å². The van der Waals surface area contributed by atoms with Gasteiger partial charge < -0.3 is 15.1 Å². The number of anilines is 1. The van der Waals surface area contributed by atoms with Gasteiger partial charge in [0.25, 0.3) is 0 Å². The monoisotopic (exact) mass is 393 g/mol. The van der Waals surface area contributed by atoms with Crippen molar-refractivity contribution in [2.75, 3.05) is 11.5 Å². The fraction of sp³-hybridized carbons (Fsp3) is 0.619. The average molecular weight is 394 g/mol. The Hall–Kier alpha value is -1.66. The van der Waals surface area contributed by atoms with Crippen LogP contribution in [0.3, 0.4) is 0 Å². The molecule has 1 aliphatic rings. The average Bonchev–Trinajstić information content (AvgIpc) is 3.06. The molecule has 1 amide bonds. The highest BCUT2D eigenvalue weighted by Crippen LogP contribution is 2.38. The molecule has 0 spiro atoms. The number of nitrogens with zero attached hydrogens (tertiary/aromatic N) is 1. The number of carboxylic acid groups (broad SMARTS) is 1. The molecule has 2 N–H and O–H groups in total. The molecule has 0 aliphatic heterocycles. The number of aromatic carboxylic acids is 1. The first kappa shape index (κ1) is 21.6. The van der Waals surface area contributed by atoms with Gasteiger partial charge in [-0.2, -0.15) is 0 Å². The molecule has 2 rings (SSSR count). The van der Waals surface area contributed by atoms with Crippen LogP contribution >= 0.6 is 11.3 Å². The second-order valence-electron chi connectivity index (χ2n) is 7.79. The van der Waals surface area contributed by atoms with E-state index < -0.39 is 5.97 Å². The molecule has 1 aliphatic carbocycles. The Morgan fingerprint density at radius 2 is 1.96 bits per heavy atom. The van der Waals surface area contributed by atoms with E-state index in [1.165, 1.54) is 11.3 Å². The SMILES string of the molecule is C=C(C)c1cc(N(C(=O)C2CCC(C)CC2)C(C)CCCO)c(C(=O)O)s1. The van der Waals surface area contributed by atoms with Crippen LogP contribution in [0.2, 0.25) is 0 Å². The first-order chi connectivity index (χ1) is 12.8. The van der Waals surface area contributed by atoms with Gasteiger partial charge in [0.2, 0.25) is 5.91 Å². The summed E-state index contributed by atoms with van der Waals surface area (Å²) in [6.45, 7) is 9.96. The van der Waals surface area contributed by atoms with Crippen LogP contribution in [0.15, 0.2) is 12.6 Å². The van der Waals surface area contributed by atoms with Crippen molar-refractivity contribution >= 4 is 34.5 Å². The maximum absolute atomic E-state index is 13.4. The smallest absolute Gasteiger partial charge is 0.348 e. The first-order valence-corrected chi connectivity index (χ1v) is 10.5. The van der Waals surface area contributed by atoms with E-state index >= 15 is 0 Å². The Bertz CT molecular complexity index is 688. The predicted octanol–water partition coefficient (Wildman–Crippen LogP) is 4.80. The van der Waals surface area contributed by atoms with E-state index in [1.807, 2.05) is 13.8 Å². The molecule has 1 atom stereocenters. The van der Waals surface area contributed by atoms with Gasteiger partial charge in [-0.1, -0.05) is 13.5 Å². The number of aliphatic hydroxyl groups excluding tert-OH is 1. The molecule has 6 heteroatoms. The van der Waals surface area contributed by atoms with Crippen molar-refractivity contribution in [3.63, 3.8) is 0 Å². The fourth-order valence-corrected chi connectivity index (χ4v) is 4.63. The summed E-state index contributed by atoms with van der Waals surface area (Å²) in [6, 6.07) is 1.62. The minimum absolute atomic E-state index is 0.0147. The molecule has 1 unspecified atom stereocenters. The molecule has 5 nitrogen and oxygen atoms in total. The van der Waals surface area contributed by atoms with E-state index in [1.54, 1.807) is 11.0 Å². The number of carboxylic acids is 1. The summed E-state index contributed by atoms with van der Waals surface area (Å²) in [6.07, 6.45) is 4.96. The highest BCUT2D eigenvalue weighted by molar-refractivity contribution is 7.15. The van der Waals surface area contributed by atoms with Crippen LogP contribution in [0.1, 0.15) is 73.8 Å². The zero-order valence-corrected chi connectivity index (χ0v) is 17.3. The minimum Gasteiger partial charge on any atom is -0.477 e. The topological polar surface area (TPSA) is 77.8 Å². The predicted molar refractivity (Wildman–Crippen MR) is 110 cm³/mol. The van der Waals surface area contributed by atoms with Crippen molar-refractivity contribution in [2.45, 2.75) is 65.3 Å². The fourth-order valence-electron chi connectivity index (χ4n) is 3.72. The number of allylic oxidation sites excluding steroid dienone is 1. The summed E-state index contributed by atoms with van der Waals surface area (Å²) in [5.41, 5.74) is 1.26. The first-order valence-electron chi connectivity index (χ1n) is 9.73. The van der Waals surface area contributed by atoms with E-state index in [0.29, 0.717) is 24.4 Å². The lowest BCUT2D eigenvalue weighted by Gasteiger charge is -2.34. The Morgan fingerprint density at radius 3 is 2.48 bits per heavy atom. The molecule has 0 aromatic carbocycles. The van der Waals surface area contributed by atoms with Crippen LogP contribution in [-0.2, 0) is 4.79 Å². The lowest BCUT2D eigenvalue weighted by Crippen LogP contribution is -2.44.